The van der Waals surface area contributed by atoms with Crippen molar-refractivity contribution in [3.05, 3.63) is 87.8 Å². The first-order valence-corrected chi connectivity index (χ1v) is 9.19. The first-order valence-electron chi connectivity index (χ1n) is 9.19. The van der Waals surface area contributed by atoms with Gasteiger partial charge in [-0.05, 0) is 36.8 Å². The summed E-state index contributed by atoms with van der Waals surface area (Å²) in [6, 6.07) is 6.90. The zero-order valence-electron chi connectivity index (χ0n) is 16.5. The summed E-state index contributed by atoms with van der Waals surface area (Å²) in [5.41, 5.74) is 7.14. The molecule has 158 valence electrons. The van der Waals surface area contributed by atoms with Crippen molar-refractivity contribution in [2.24, 2.45) is 5.73 Å². The molecular weight excluding hydrogens is 400 g/mol. The van der Waals surface area contributed by atoms with Crippen molar-refractivity contribution in [3.8, 4) is 0 Å². The highest BCUT2D eigenvalue weighted by molar-refractivity contribution is 6.01. The maximum Gasteiger partial charge on any atom is 0.292 e. The van der Waals surface area contributed by atoms with Gasteiger partial charge in [0, 0.05) is 24.1 Å². The lowest BCUT2D eigenvalue weighted by atomic mass is 10.2. The molecular formula is C20H20N8O3. The minimum absolute atomic E-state index is 0.0829. The van der Waals surface area contributed by atoms with Gasteiger partial charge >= 0.3 is 0 Å². The maximum atomic E-state index is 12.3. The maximum absolute atomic E-state index is 12.3. The van der Waals surface area contributed by atoms with E-state index in [0.29, 0.717) is 11.4 Å². The van der Waals surface area contributed by atoms with E-state index in [-0.39, 0.29) is 23.8 Å². The Hall–Kier alpha value is -4.54. The molecule has 11 heteroatoms. The van der Waals surface area contributed by atoms with E-state index < -0.39 is 17.4 Å². The zero-order chi connectivity index (χ0) is 22.2. The highest BCUT2D eigenvalue weighted by atomic mass is 16.2. The molecule has 1 aromatic carbocycles. The van der Waals surface area contributed by atoms with Crippen molar-refractivity contribution in [2.45, 2.75) is 13.5 Å². The summed E-state index contributed by atoms with van der Waals surface area (Å²) in [6.45, 7) is 1.96. The predicted octanol–water partition coefficient (Wildman–Crippen LogP) is 0.946. The normalized spacial score (nSPS) is 11.5. The molecule has 0 aliphatic heterocycles. The molecule has 0 spiro atoms. The van der Waals surface area contributed by atoms with Crippen LogP contribution >= 0.6 is 0 Å². The number of hydrogen-bond donors (Lipinski definition) is 5. The Balaban J connectivity index is 1.63. The van der Waals surface area contributed by atoms with Crippen molar-refractivity contribution in [1.82, 2.24) is 30.5 Å². The molecule has 0 radical (unpaired) electrons. The number of aromatic nitrogens is 5. The second-order valence-corrected chi connectivity index (χ2v) is 6.33. The smallest absolute Gasteiger partial charge is 0.292 e. The molecule has 0 saturated carbocycles. The Morgan fingerprint density at radius 3 is 2.74 bits per heavy atom. The summed E-state index contributed by atoms with van der Waals surface area (Å²) >= 11 is 0. The number of H-pyrrole nitrogens is 2. The van der Waals surface area contributed by atoms with Gasteiger partial charge in [0.1, 0.15) is 6.33 Å². The molecule has 11 nitrogen and oxygen atoms in total. The molecule has 0 unspecified atom stereocenters. The second kappa shape index (κ2) is 9.78. The molecule has 0 aliphatic carbocycles. The number of rotatable bonds is 7. The van der Waals surface area contributed by atoms with Gasteiger partial charge in [-0.1, -0.05) is 18.2 Å². The molecule has 0 fully saturated rings. The van der Waals surface area contributed by atoms with Gasteiger partial charge < -0.3 is 21.4 Å². The minimum atomic E-state index is -0.551. The molecule has 2 heterocycles. The number of amides is 2. The lowest BCUT2D eigenvalue weighted by molar-refractivity contribution is 0.0939. The Morgan fingerprint density at radius 1 is 1.19 bits per heavy atom. The Bertz CT molecular complexity index is 1200. The summed E-state index contributed by atoms with van der Waals surface area (Å²) in [5.74, 6) is -1.03. The van der Waals surface area contributed by atoms with Crippen LogP contribution in [0.15, 0.2) is 59.4 Å². The van der Waals surface area contributed by atoms with Gasteiger partial charge in [-0.3, -0.25) is 19.5 Å². The van der Waals surface area contributed by atoms with Crippen molar-refractivity contribution in [3.63, 3.8) is 0 Å². The number of carbonyl (C=O) groups excluding carboxylic acids is 2. The van der Waals surface area contributed by atoms with E-state index in [1.807, 2.05) is 0 Å². The van der Waals surface area contributed by atoms with Gasteiger partial charge in [0.15, 0.2) is 5.82 Å². The SMILES string of the molecule is C/C=C\C(N)=C/c1cnc(C(=O)NCc2cccc(NC(=O)c3ncn[nH]3)c2)[nH]c1=O. The summed E-state index contributed by atoms with van der Waals surface area (Å²) in [6.07, 6.45) is 7.36. The number of nitrogens with one attached hydrogen (secondary N) is 4. The fourth-order valence-electron chi connectivity index (χ4n) is 2.57. The van der Waals surface area contributed by atoms with Crippen LogP contribution in [0, 0.1) is 0 Å². The van der Waals surface area contributed by atoms with Crippen molar-refractivity contribution >= 4 is 23.6 Å². The van der Waals surface area contributed by atoms with Gasteiger partial charge in [0.05, 0.1) is 5.56 Å². The predicted molar refractivity (Wildman–Crippen MR) is 114 cm³/mol. The van der Waals surface area contributed by atoms with E-state index in [1.165, 1.54) is 18.6 Å². The number of carbonyl (C=O) groups is 2. The highest BCUT2D eigenvalue weighted by Gasteiger charge is 2.11. The molecule has 6 N–H and O–H groups in total. The highest BCUT2D eigenvalue weighted by Crippen LogP contribution is 2.11. The monoisotopic (exact) mass is 420 g/mol. The van der Waals surface area contributed by atoms with Crippen molar-refractivity contribution in [2.75, 3.05) is 5.32 Å². The number of nitrogens with two attached hydrogens (primary N) is 1. The molecule has 2 aromatic heterocycles. The standard InChI is InChI=1S/C20H20N8O3/c1-2-4-14(21)8-13-10-22-16(27-18(13)29)19(30)23-9-12-5-3-6-15(7-12)26-20(31)17-24-11-25-28-17/h2-8,10-11H,9,21H2,1H3,(H,23,30)(H,26,31)(H,22,27,29)(H,24,25,28)/b4-2-,14-8+. The minimum Gasteiger partial charge on any atom is -0.399 e. The van der Waals surface area contributed by atoms with E-state index in [4.69, 9.17) is 5.73 Å². The first-order chi connectivity index (χ1) is 15.0. The molecule has 3 aromatic rings. The molecule has 0 atom stereocenters. The Labute approximate surface area is 176 Å². The fraction of sp³-hybridized carbons (Fsp3) is 0.100. The van der Waals surface area contributed by atoms with Crippen molar-refractivity contribution < 1.29 is 9.59 Å². The van der Waals surface area contributed by atoms with Crippen LogP contribution in [-0.4, -0.2) is 37.0 Å². The molecule has 2 amide bonds. The largest absolute Gasteiger partial charge is 0.399 e. The Morgan fingerprint density at radius 2 is 2.03 bits per heavy atom. The van der Waals surface area contributed by atoms with Gasteiger partial charge in [-0.2, -0.15) is 5.10 Å². The van der Waals surface area contributed by atoms with Crippen LogP contribution in [0.3, 0.4) is 0 Å². The van der Waals surface area contributed by atoms with E-state index in [1.54, 1.807) is 43.3 Å². The molecule has 0 saturated heterocycles. The number of hydrogen-bond acceptors (Lipinski definition) is 7. The Kier molecular flexibility index (Phi) is 6.68. The van der Waals surface area contributed by atoms with Crippen LogP contribution in [0.4, 0.5) is 5.69 Å². The summed E-state index contributed by atoms with van der Waals surface area (Å²) in [5, 5.41) is 11.4. The molecule has 0 aliphatic rings. The summed E-state index contributed by atoms with van der Waals surface area (Å²) in [7, 11) is 0. The number of nitrogens with zero attached hydrogens (tertiary/aromatic N) is 3. The third kappa shape index (κ3) is 5.73. The van der Waals surface area contributed by atoms with Crippen LogP contribution in [0.1, 0.15) is 39.3 Å². The molecule has 3 rings (SSSR count). The summed E-state index contributed by atoms with van der Waals surface area (Å²) < 4.78 is 0. The number of allylic oxidation sites excluding steroid dienone is 2. The van der Waals surface area contributed by atoms with E-state index in [9.17, 15) is 14.4 Å². The molecule has 0 bridgehead atoms. The fourth-order valence-corrected chi connectivity index (χ4v) is 2.57. The van der Waals surface area contributed by atoms with Crippen LogP contribution < -0.4 is 21.9 Å². The topological polar surface area (TPSA) is 172 Å². The van der Waals surface area contributed by atoms with E-state index in [2.05, 4.69) is 35.8 Å². The number of aromatic amines is 2. The summed E-state index contributed by atoms with van der Waals surface area (Å²) in [4.78, 5) is 46.7. The average Bonchev–Trinajstić information content (AvgIpc) is 3.29. The van der Waals surface area contributed by atoms with E-state index >= 15 is 0 Å². The van der Waals surface area contributed by atoms with Gasteiger partial charge in [0.2, 0.25) is 5.82 Å². The quantitative estimate of drug-likeness (QED) is 0.354. The van der Waals surface area contributed by atoms with E-state index in [0.717, 1.165) is 5.56 Å². The van der Waals surface area contributed by atoms with Crippen molar-refractivity contribution in [1.29, 1.82) is 0 Å². The third-order valence-corrected chi connectivity index (χ3v) is 3.99. The first kappa shape index (κ1) is 21.2. The zero-order valence-corrected chi connectivity index (χ0v) is 16.5. The van der Waals surface area contributed by atoms with Crippen LogP contribution in [0.5, 0.6) is 0 Å². The average molecular weight is 420 g/mol. The lowest BCUT2D eigenvalue weighted by Gasteiger charge is -2.08. The van der Waals surface area contributed by atoms with Gasteiger partial charge in [-0.25, -0.2) is 9.97 Å². The number of anilines is 1. The van der Waals surface area contributed by atoms with Gasteiger partial charge in [0.25, 0.3) is 17.4 Å². The second-order valence-electron chi connectivity index (χ2n) is 6.33. The van der Waals surface area contributed by atoms with Gasteiger partial charge in [-0.15, -0.1) is 0 Å². The van der Waals surface area contributed by atoms with Crippen LogP contribution in [-0.2, 0) is 6.54 Å². The molecule has 31 heavy (non-hydrogen) atoms. The number of benzene rings is 1. The van der Waals surface area contributed by atoms with Crippen LogP contribution in [0.2, 0.25) is 0 Å². The van der Waals surface area contributed by atoms with Crippen LogP contribution in [0.25, 0.3) is 6.08 Å². The lowest BCUT2D eigenvalue weighted by Crippen LogP contribution is -2.28. The third-order valence-electron chi connectivity index (χ3n) is 3.99.